The smallest absolute Gasteiger partial charge is 0.262 e. The molecule has 0 aliphatic heterocycles. The van der Waals surface area contributed by atoms with Gasteiger partial charge in [-0.3, -0.25) is 4.79 Å². The zero-order valence-electron chi connectivity index (χ0n) is 11.3. The van der Waals surface area contributed by atoms with E-state index in [-0.39, 0.29) is 12.4 Å². The van der Waals surface area contributed by atoms with E-state index in [0.717, 1.165) is 0 Å². The minimum absolute atomic E-state index is 0.0317. The van der Waals surface area contributed by atoms with Gasteiger partial charge in [-0.2, -0.15) is 0 Å². The van der Waals surface area contributed by atoms with Crippen LogP contribution >= 0.6 is 11.6 Å². The summed E-state index contributed by atoms with van der Waals surface area (Å²) < 4.78 is 18.9. The number of ether oxygens (including phenoxy) is 1. The molecule has 0 spiro atoms. The molecule has 4 nitrogen and oxygen atoms in total. The van der Waals surface area contributed by atoms with Gasteiger partial charge in [-0.15, -0.1) is 0 Å². The molecular weight excluding hydrogens is 295 g/mol. The molecule has 0 heterocycles. The van der Waals surface area contributed by atoms with E-state index in [9.17, 15) is 9.18 Å². The van der Waals surface area contributed by atoms with Gasteiger partial charge in [-0.25, -0.2) is 4.39 Å². The van der Waals surface area contributed by atoms with E-state index in [4.69, 9.17) is 22.1 Å². The highest BCUT2D eigenvalue weighted by atomic mass is 35.5. The Labute approximate surface area is 126 Å². The van der Waals surface area contributed by atoms with Crippen LogP contribution in [0.15, 0.2) is 36.4 Å². The number of nitrogens with one attached hydrogen (secondary N) is 1. The number of amides is 1. The van der Waals surface area contributed by atoms with Crippen LogP contribution in [-0.2, 0) is 4.79 Å². The lowest BCUT2D eigenvalue weighted by atomic mass is 10.2. The number of aryl methyl sites for hydroxylation is 1. The number of hydrogen-bond acceptors (Lipinski definition) is 3. The zero-order valence-corrected chi connectivity index (χ0v) is 12.1. The molecule has 0 fully saturated rings. The lowest BCUT2D eigenvalue weighted by molar-refractivity contribution is -0.118. The molecule has 0 aromatic heterocycles. The first-order valence-electron chi connectivity index (χ1n) is 6.20. The van der Waals surface area contributed by atoms with E-state index in [1.807, 2.05) is 0 Å². The first-order valence-corrected chi connectivity index (χ1v) is 6.58. The molecule has 0 unspecified atom stereocenters. The highest BCUT2D eigenvalue weighted by molar-refractivity contribution is 6.31. The fourth-order valence-corrected chi connectivity index (χ4v) is 1.87. The third-order valence-corrected chi connectivity index (χ3v) is 3.04. The van der Waals surface area contributed by atoms with Crippen LogP contribution in [0.4, 0.5) is 15.8 Å². The average Bonchev–Trinajstić information content (AvgIpc) is 2.44. The van der Waals surface area contributed by atoms with Gasteiger partial charge in [0.1, 0.15) is 0 Å². The second-order valence-corrected chi connectivity index (χ2v) is 4.89. The number of carbonyl (C=O) groups is 1. The predicted molar refractivity (Wildman–Crippen MR) is 81.1 cm³/mol. The predicted octanol–water partition coefficient (Wildman–Crippen LogP) is 3.39. The molecule has 0 saturated carbocycles. The van der Waals surface area contributed by atoms with Crippen molar-refractivity contribution in [3.05, 3.63) is 52.8 Å². The summed E-state index contributed by atoms with van der Waals surface area (Å²) in [5, 5.41) is 3.01. The van der Waals surface area contributed by atoms with Gasteiger partial charge in [-0.1, -0.05) is 23.7 Å². The minimum atomic E-state index is -0.479. The Bertz CT molecular complexity index is 677. The number of nitrogens with two attached hydrogens (primary N) is 1. The van der Waals surface area contributed by atoms with Crippen molar-refractivity contribution in [3.63, 3.8) is 0 Å². The molecule has 0 aliphatic rings. The monoisotopic (exact) mass is 308 g/mol. The summed E-state index contributed by atoms with van der Waals surface area (Å²) in [4.78, 5) is 11.8. The molecule has 0 radical (unpaired) electrons. The van der Waals surface area contributed by atoms with E-state index < -0.39 is 11.7 Å². The summed E-state index contributed by atoms with van der Waals surface area (Å²) in [6.07, 6.45) is 0. The largest absolute Gasteiger partial charge is 0.481 e. The number of hydrogen-bond donors (Lipinski definition) is 2. The van der Waals surface area contributed by atoms with Gasteiger partial charge in [0.2, 0.25) is 0 Å². The van der Waals surface area contributed by atoms with Crippen molar-refractivity contribution >= 4 is 28.9 Å². The van der Waals surface area contributed by atoms with Crippen LogP contribution in [-0.4, -0.2) is 12.5 Å². The van der Waals surface area contributed by atoms with Crippen molar-refractivity contribution in [2.45, 2.75) is 6.92 Å². The second-order valence-electron chi connectivity index (χ2n) is 4.46. The topological polar surface area (TPSA) is 64.3 Å². The van der Waals surface area contributed by atoms with E-state index in [2.05, 4.69) is 5.32 Å². The number of halogens is 2. The lowest BCUT2D eigenvalue weighted by Crippen LogP contribution is -2.21. The molecule has 0 saturated heterocycles. The SMILES string of the molecule is Cc1cccc(OCC(=O)Nc2cc(Cl)ccc2N)c1F. The highest BCUT2D eigenvalue weighted by Crippen LogP contribution is 2.23. The molecule has 21 heavy (non-hydrogen) atoms. The molecule has 110 valence electrons. The van der Waals surface area contributed by atoms with Gasteiger partial charge >= 0.3 is 0 Å². The Morgan fingerprint density at radius 3 is 2.90 bits per heavy atom. The zero-order chi connectivity index (χ0) is 15.4. The Morgan fingerprint density at radius 2 is 2.14 bits per heavy atom. The minimum Gasteiger partial charge on any atom is -0.481 e. The van der Waals surface area contributed by atoms with Crippen LogP contribution in [0.5, 0.6) is 5.75 Å². The van der Waals surface area contributed by atoms with E-state index >= 15 is 0 Å². The molecule has 3 N–H and O–H groups in total. The Hall–Kier alpha value is -2.27. The Kier molecular flexibility index (Phi) is 4.65. The van der Waals surface area contributed by atoms with Gasteiger partial charge in [0, 0.05) is 5.02 Å². The third kappa shape index (κ3) is 3.86. The molecule has 6 heteroatoms. The summed E-state index contributed by atoms with van der Waals surface area (Å²) in [5.41, 5.74) is 6.94. The average molecular weight is 309 g/mol. The van der Waals surface area contributed by atoms with Crippen molar-refractivity contribution in [1.29, 1.82) is 0 Å². The molecule has 2 aromatic carbocycles. The molecule has 0 atom stereocenters. The fourth-order valence-electron chi connectivity index (χ4n) is 1.70. The standard InChI is InChI=1S/C15H14ClFN2O2/c1-9-3-2-4-13(15(9)17)21-8-14(20)19-12-7-10(16)5-6-11(12)18/h2-7H,8,18H2,1H3,(H,19,20). The van der Waals surface area contributed by atoms with Gasteiger partial charge in [0.05, 0.1) is 11.4 Å². The first kappa shape index (κ1) is 15.1. The number of benzene rings is 2. The Morgan fingerprint density at radius 1 is 1.38 bits per heavy atom. The summed E-state index contributed by atoms with van der Waals surface area (Å²) in [6, 6.07) is 9.46. The van der Waals surface area contributed by atoms with Crippen molar-refractivity contribution < 1.29 is 13.9 Å². The first-order chi connectivity index (χ1) is 9.97. The van der Waals surface area contributed by atoms with Crippen LogP contribution in [0.2, 0.25) is 5.02 Å². The van der Waals surface area contributed by atoms with Gasteiger partial charge in [0.25, 0.3) is 5.91 Å². The number of anilines is 2. The molecule has 0 aliphatic carbocycles. The second kappa shape index (κ2) is 6.45. The summed E-state index contributed by atoms with van der Waals surface area (Å²) in [6.45, 7) is 1.29. The number of rotatable bonds is 4. The van der Waals surface area contributed by atoms with Crippen LogP contribution in [0.3, 0.4) is 0 Å². The van der Waals surface area contributed by atoms with Crippen LogP contribution < -0.4 is 15.8 Å². The molecule has 1 amide bonds. The third-order valence-electron chi connectivity index (χ3n) is 2.80. The maximum Gasteiger partial charge on any atom is 0.262 e. The fraction of sp³-hybridized carbons (Fsp3) is 0.133. The Balaban J connectivity index is 1.99. The summed E-state index contributed by atoms with van der Waals surface area (Å²) >= 11 is 5.82. The quantitative estimate of drug-likeness (QED) is 0.851. The molecule has 2 rings (SSSR count). The summed E-state index contributed by atoms with van der Waals surface area (Å²) in [7, 11) is 0. The summed E-state index contributed by atoms with van der Waals surface area (Å²) in [5.74, 6) is -0.901. The molecular formula is C15H14ClFN2O2. The van der Waals surface area contributed by atoms with Gasteiger partial charge in [-0.05, 0) is 36.8 Å². The van der Waals surface area contributed by atoms with E-state index in [0.29, 0.717) is 22.0 Å². The van der Waals surface area contributed by atoms with Crippen molar-refractivity contribution in [2.75, 3.05) is 17.7 Å². The van der Waals surface area contributed by atoms with Crippen molar-refractivity contribution in [2.24, 2.45) is 0 Å². The van der Waals surface area contributed by atoms with Crippen LogP contribution in [0.25, 0.3) is 0 Å². The van der Waals surface area contributed by atoms with Gasteiger partial charge < -0.3 is 15.8 Å². The lowest BCUT2D eigenvalue weighted by Gasteiger charge is -2.10. The van der Waals surface area contributed by atoms with Crippen LogP contribution in [0.1, 0.15) is 5.56 Å². The maximum absolute atomic E-state index is 13.7. The maximum atomic E-state index is 13.7. The van der Waals surface area contributed by atoms with Crippen molar-refractivity contribution in [1.82, 2.24) is 0 Å². The van der Waals surface area contributed by atoms with Crippen LogP contribution in [0, 0.1) is 12.7 Å². The molecule has 0 bridgehead atoms. The normalized spacial score (nSPS) is 10.2. The van der Waals surface area contributed by atoms with E-state index in [1.54, 1.807) is 31.2 Å². The van der Waals surface area contributed by atoms with Gasteiger partial charge in [0.15, 0.2) is 18.2 Å². The van der Waals surface area contributed by atoms with Crippen molar-refractivity contribution in [3.8, 4) is 5.75 Å². The molecule has 2 aromatic rings. The number of nitrogen functional groups attached to an aromatic ring is 1. The van der Waals surface area contributed by atoms with E-state index in [1.165, 1.54) is 12.1 Å². The highest BCUT2D eigenvalue weighted by Gasteiger charge is 2.10. The number of carbonyl (C=O) groups excluding carboxylic acids is 1.